The number of ether oxygens (including phenoxy) is 1. The Bertz CT molecular complexity index is 1390. The monoisotopic (exact) mass is 590 g/mol. The Morgan fingerprint density at radius 3 is 2.33 bits per heavy atom. The second-order valence-electron chi connectivity index (χ2n) is 16.9. The number of carbonyl (C=O) groups is 3. The molecule has 0 spiro atoms. The van der Waals surface area contributed by atoms with Gasteiger partial charge in [-0.15, -0.1) is 0 Å². The quantitative estimate of drug-likeness (QED) is 0.333. The minimum atomic E-state index is -0.662. The number of Topliss-reactive ketones (excluding diaryl/α,β-unsaturated/α-hetero) is 2. The van der Waals surface area contributed by atoms with Gasteiger partial charge in [0.05, 0.1) is 11.6 Å². The minimum absolute atomic E-state index is 0.0243. The molecule has 0 bridgehead atoms. The molecule has 0 saturated heterocycles. The van der Waals surface area contributed by atoms with Gasteiger partial charge in [0.15, 0.2) is 5.78 Å². The number of aryl methyl sites for hydroxylation is 1. The van der Waals surface area contributed by atoms with Crippen LogP contribution in [0.5, 0.6) is 0 Å². The molecule has 4 saturated carbocycles. The smallest absolute Gasteiger partial charge is 0.302 e. The van der Waals surface area contributed by atoms with E-state index in [-0.39, 0.29) is 57.1 Å². The highest BCUT2D eigenvalue weighted by atomic mass is 16.5. The van der Waals surface area contributed by atoms with E-state index in [0.29, 0.717) is 24.7 Å². The molecule has 0 radical (unpaired) electrons. The predicted octanol–water partition coefficient (Wildman–Crippen LogP) is 7.44. The molecule has 0 aliphatic heterocycles. The molecule has 0 unspecified atom stereocenters. The van der Waals surface area contributed by atoms with Crippen LogP contribution in [0, 0.1) is 50.7 Å². The zero-order valence-corrected chi connectivity index (χ0v) is 28.1. The molecule has 5 aliphatic rings. The van der Waals surface area contributed by atoms with E-state index in [1.165, 1.54) is 5.57 Å². The molecule has 0 N–H and O–H groups in total. The molecule has 6 heteroatoms. The Morgan fingerprint density at radius 1 is 0.977 bits per heavy atom. The minimum Gasteiger partial charge on any atom is -0.462 e. The molecular weight excluding hydrogens is 536 g/mol. The molecule has 236 valence electrons. The number of aromatic nitrogens is 2. The zero-order chi connectivity index (χ0) is 31.3. The molecule has 6 rings (SSSR count). The number of hydrogen-bond acceptors (Lipinski definition) is 5. The maximum Gasteiger partial charge on any atom is 0.302 e. The van der Waals surface area contributed by atoms with Gasteiger partial charge in [-0.2, -0.15) is 5.10 Å². The van der Waals surface area contributed by atoms with Gasteiger partial charge in [-0.1, -0.05) is 48.5 Å². The molecule has 4 fully saturated rings. The van der Waals surface area contributed by atoms with Crippen molar-refractivity contribution in [3.8, 4) is 0 Å². The average molecular weight is 591 g/mol. The number of nitrogens with zero attached hydrogens (tertiary/aromatic N) is 2. The van der Waals surface area contributed by atoms with Crippen molar-refractivity contribution >= 4 is 17.5 Å². The Labute approximate surface area is 258 Å². The molecule has 5 aliphatic carbocycles. The summed E-state index contributed by atoms with van der Waals surface area (Å²) in [5, 5.41) is 4.32. The number of rotatable bonds is 5. The number of allylic oxidation sites excluding steroid dienone is 2. The largest absolute Gasteiger partial charge is 0.462 e. The van der Waals surface area contributed by atoms with Crippen LogP contribution < -0.4 is 0 Å². The summed E-state index contributed by atoms with van der Waals surface area (Å²) < 4.78 is 7.68. The summed E-state index contributed by atoms with van der Waals surface area (Å²) >= 11 is 0. The number of hydrogen-bond donors (Lipinski definition) is 0. The highest BCUT2D eigenvalue weighted by Crippen LogP contribution is 2.76. The lowest BCUT2D eigenvalue weighted by molar-refractivity contribution is -0.232. The highest BCUT2D eigenvalue weighted by Gasteiger charge is 2.70. The maximum absolute atomic E-state index is 14.4. The number of ketones is 2. The standard InChI is InChI=1S/C37H54N2O4/c1-22(2)31-26(41)19-37(29(42)18-24-20-38-39(9)21-24)17-16-35(7)25(32(31)37)10-11-28-34(6)14-13-30(43-23(3)40)33(4,5)27(34)12-15-36(28,35)8/h20-22,25,27-28,30H,10-19H2,1-9H3/t25-,27+,28-,30+,34+,35-,36-,37+/m1/s1. The molecule has 0 amide bonds. The molecule has 0 aromatic carbocycles. The van der Waals surface area contributed by atoms with E-state index in [0.717, 1.165) is 62.5 Å². The van der Waals surface area contributed by atoms with Gasteiger partial charge in [-0.05, 0) is 108 Å². The van der Waals surface area contributed by atoms with Crippen LogP contribution in [0.1, 0.15) is 119 Å². The van der Waals surface area contributed by atoms with E-state index in [9.17, 15) is 14.4 Å². The first-order valence-corrected chi connectivity index (χ1v) is 17.0. The number of carbonyl (C=O) groups excluding carboxylic acids is 3. The van der Waals surface area contributed by atoms with Crippen molar-refractivity contribution in [2.75, 3.05) is 0 Å². The molecule has 43 heavy (non-hydrogen) atoms. The molecule has 1 aromatic rings. The maximum atomic E-state index is 14.4. The normalized spacial score (nSPS) is 41.8. The summed E-state index contributed by atoms with van der Waals surface area (Å²) in [5.41, 5.74) is 2.74. The van der Waals surface area contributed by atoms with Crippen LogP contribution in [-0.2, 0) is 32.6 Å². The van der Waals surface area contributed by atoms with Crippen molar-refractivity contribution in [3.05, 3.63) is 29.1 Å². The first-order valence-electron chi connectivity index (χ1n) is 17.0. The summed E-state index contributed by atoms with van der Waals surface area (Å²) in [6.45, 7) is 18.2. The number of esters is 1. The predicted molar refractivity (Wildman–Crippen MR) is 167 cm³/mol. The molecule has 6 nitrogen and oxygen atoms in total. The van der Waals surface area contributed by atoms with Crippen molar-refractivity contribution in [2.24, 2.45) is 57.8 Å². The van der Waals surface area contributed by atoms with Gasteiger partial charge >= 0.3 is 5.97 Å². The number of fused-ring (bicyclic) bond motifs is 7. The lowest BCUT2D eigenvalue weighted by Gasteiger charge is -2.72. The average Bonchev–Trinajstić information content (AvgIpc) is 3.46. The third-order valence-electron chi connectivity index (χ3n) is 14.3. The lowest BCUT2D eigenvalue weighted by Crippen LogP contribution is -2.66. The lowest BCUT2D eigenvalue weighted by atomic mass is 9.33. The third-order valence-corrected chi connectivity index (χ3v) is 14.3. The van der Waals surface area contributed by atoms with E-state index in [1.807, 2.05) is 13.2 Å². The fourth-order valence-electron chi connectivity index (χ4n) is 12.3. The summed E-state index contributed by atoms with van der Waals surface area (Å²) in [7, 11) is 1.89. The van der Waals surface area contributed by atoms with Crippen molar-refractivity contribution in [2.45, 2.75) is 126 Å². The van der Waals surface area contributed by atoms with Gasteiger partial charge < -0.3 is 4.74 Å². The van der Waals surface area contributed by atoms with Crippen LogP contribution in [0.4, 0.5) is 0 Å². The molecular formula is C37H54N2O4. The molecule has 8 atom stereocenters. The van der Waals surface area contributed by atoms with Crippen molar-refractivity contribution in [1.29, 1.82) is 0 Å². The highest BCUT2D eigenvalue weighted by molar-refractivity contribution is 6.07. The van der Waals surface area contributed by atoms with E-state index in [1.54, 1.807) is 17.8 Å². The topological polar surface area (TPSA) is 78.3 Å². The zero-order valence-electron chi connectivity index (χ0n) is 28.1. The summed E-state index contributed by atoms with van der Waals surface area (Å²) in [5.74, 6) is 1.70. The van der Waals surface area contributed by atoms with Gasteiger partial charge in [0.1, 0.15) is 11.9 Å². The van der Waals surface area contributed by atoms with Gasteiger partial charge in [-0.25, -0.2) is 0 Å². The van der Waals surface area contributed by atoms with Crippen LogP contribution in [0.3, 0.4) is 0 Å². The first kappa shape index (κ1) is 30.8. The van der Waals surface area contributed by atoms with Gasteiger partial charge in [0, 0.05) is 38.4 Å². The summed E-state index contributed by atoms with van der Waals surface area (Å²) in [6, 6.07) is 0. The van der Waals surface area contributed by atoms with Crippen LogP contribution in [0.15, 0.2) is 23.5 Å². The van der Waals surface area contributed by atoms with Crippen molar-refractivity contribution < 1.29 is 19.1 Å². The van der Waals surface area contributed by atoms with Crippen LogP contribution >= 0.6 is 0 Å². The second kappa shape index (κ2) is 9.88. The van der Waals surface area contributed by atoms with E-state index in [2.05, 4.69) is 53.6 Å². The Kier molecular flexibility index (Phi) is 7.07. The Hall–Kier alpha value is -2.24. The van der Waals surface area contributed by atoms with Crippen LogP contribution in [0.25, 0.3) is 0 Å². The fraction of sp³-hybridized carbons (Fsp3) is 0.784. The third kappa shape index (κ3) is 4.16. The summed E-state index contributed by atoms with van der Waals surface area (Å²) in [6.07, 6.45) is 12.7. The SMILES string of the molecule is CC(=O)O[C@H]1CC[C@]2(C)[C@H]3CC[C@@H]4C5=C(C(C)C)C(=O)C[C@]5(C(=O)Cc5cnn(C)c5)CC[C@@]4(C)[C@]3(C)CC[C@H]2C1(C)C. The van der Waals surface area contributed by atoms with Crippen molar-refractivity contribution in [3.63, 3.8) is 0 Å². The Morgan fingerprint density at radius 2 is 1.70 bits per heavy atom. The Balaban J connectivity index is 1.39. The second-order valence-corrected chi connectivity index (χ2v) is 16.9. The van der Waals surface area contributed by atoms with Gasteiger partial charge in [-0.3, -0.25) is 19.1 Å². The molecule has 1 aromatic heterocycles. The first-order chi connectivity index (χ1) is 20.0. The van der Waals surface area contributed by atoms with Gasteiger partial charge in [0.2, 0.25) is 0 Å². The fourth-order valence-corrected chi connectivity index (χ4v) is 12.3. The summed E-state index contributed by atoms with van der Waals surface area (Å²) in [4.78, 5) is 40.2. The van der Waals surface area contributed by atoms with E-state index >= 15 is 0 Å². The van der Waals surface area contributed by atoms with Crippen LogP contribution in [-0.4, -0.2) is 33.4 Å². The van der Waals surface area contributed by atoms with Crippen LogP contribution in [0.2, 0.25) is 0 Å². The van der Waals surface area contributed by atoms with E-state index in [4.69, 9.17) is 4.74 Å². The van der Waals surface area contributed by atoms with Gasteiger partial charge in [0.25, 0.3) is 0 Å². The van der Waals surface area contributed by atoms with Crippen molar-refractivity contribution in [1.82, 2.24) is 9.78 Å². The molecule has 1 heterocycles. The van der Waals surface area contributed by atoms with E-state index < -0.39 is 5.41 Å².